The average Bonchev–Trinajstić information content (AvgIpc) is 2.85. The fraction of sp³-hybridized carbons (Fsp3) is 0.364. The molecule has 0 atom stereocenters. The number of aromatic nitrogens is 4. The van der Waals surface area contributed by atoms with Gasteiger partial charge in [0.05, 0.1) is 13.7 Å². The van der Waals surface area contributed by atoms with Gasteiger partial charge in [-0.1, -0.05) is 0 Å². The number of hydrogen-bond acceptors (Lipinski definition) is 6. The van der Waals surface area contributed by atoms with Crippen molar-refractivity contribution in [2.75, 3.05) is 24.3 Å². The number of ether oxygens (including phenoxy) is 1. The molecule has 0 amide bonds. The first-order valence-electron chi connectivity index (χ1n) is 5.70. The second-order valence-corrected chi connectivity index (χ2v) is 4.09. The van der Waals surface area contributed by atoms with Gasteiger partial charge in [0.25, 0.3) is 0 Å². The highest BCUT2D eigenvalue weighted by Gasteiger charge is 2.19. The summed E-state index contributed by atoms with van der Waals surface area (Å²) in [6.07, 6.45) is 3.80. The normalized spacial score (nSPS) is 14.4. The van der Waals surface area contributed by atoms with Crippen LogP contribution in [0.25, 0.3) is 0 Å². The highest BCUT2D eigenvalue weighted by atomic mass is 16.5. The molecule has 2 N–H and O–H groups in total. The maximum Gasteiger partial charge on any atom is 0.225 e. The Morgan fingerprint density at radius 2 is 2.22 bits per heavy atom. The van der Waals surface area contributed by atoms with Crippen molar-refractivity contribution in [1.82, 2.24) is 19.5 Å². The van der Waals surface area contributed by atoms with E-state index in [1.807, 2.05) is 12.4 Å². The van der Waals surface area contributed by atoms with Gasteiger partial charge in [0.1, 0.15) is 11.6 Å². The molecule has 3 rings (SSSR count). The molecule has 2 aromatic heterocycles. The molecular formula is C11H14N6O. The van der Waals surface area contributed by atoms with Crippen molar-refractivity contribution in [3.05, 3.63) is 24.3 Å². The molecule has 0 radical (unpaired) electrons. The Labute approximate surface area is 104 Å². The Kier molecular flexibility index (Phi) is 2.51. The molecule has 0 bridgehead atoms. The third kappa shape index (κ3) is 1.83. The zero-order valence-electron chi connectivity index (χ0n) is 10.1. The summed E-state index contributed by atoms with van der Waals surface area (Å²) >= 11 is 0. The van der Waals surface area contributed by atoms with Gasteiger partial charge in [-0.05, 0) is 0 Å². The van der Waals surface area contributed by atoms with Gasteiger partial charge in [0.15, 0.2) is 0 Å². The molecule has 1 aliphatic rings. The lowest BCUT2D eigenvalue weighted by molar-refractivity contribution is 0.397. The highest BCUT2D eigenvalue weighted by Crippen LogP contribution is 2.22. The molecule has 7 heteroatoms. The third-order valence-electron chi connectivity index (χ3n) is 2.98. The van der Waals surface area contributed by atoms with Crippen molar-refractivity contribution in [3.63, 3.8) is 0 Å². The second-order valence-electron chi connectivity index (χ2n) is 4.09. The van der Waals surface area contributed by atoms with E-state index in [0.29, 0.717) is 12.4 Å². The fourth-order valence-corrected chi connectivity index (χ4v) is 2.07. The Morgan fingerprint density at radius 3 is 3.06 bits per heavy atom. The van der Waals surface area contributed by atoms with Crippen LogP contribution in [0.2, 0.25) is 0 Å². The van der Waals surface area contributed by atoms with Crippen molar-refractivity contribution >= 4 is 11.8 Å². The molecule has 0 aromatic carbocycles. The number of fused-ring (bicyclic) bond motifs is 1. The number of anilines is 2. The van der Waals surface area contributed by atoms with E-state index < -0.39 is 0 Å². The number of methoxy groups -OCH3 is 1. The molecule has 0 saturated heterocycles. The summed E-state index contributed by atoms with van der Waals surface area (Å²) < 4.78 is 7.24. The maximum absolute atomic E-state index is 5.67. The van der Waals surface area contributed by atoms with Crippen LogP contribution in [0, 0.1) is 0 Å². The van der Waals surface area contributed by atoms with Crippen LogP contribution in [-0.4, -0.2) is 33.2 Å². The molecule has 0 spiro atoms. The van der Waals surface area contributed by atoms with Crippen molar-refractivity contribution in [2.24, 2.45) is 0 Å². The zero-order valence-corrected chi connectivity index (χ0v) is 10.1. The van der Waals surface area contributed by atoms with Gasteiger partial charge in [-0.3, -0.25) is 0 Å². The molecule has 0 saturated carbocycles. The van der Waals surface area contributed by atoms with Crippen LogP contribution in [0.1, 0.15) is 5.82 Å². The van der Waals surface area contributed by atoms with Gasteiger partial charge in [0, 0.05) is 31.5 Å². The molecule has 0 aliphatic carbocycles. The molecule has 18 heavy (non-hydrogen) atoms. The van der Waals surface area contributed by atoms with E-state index in [2.05, 4.69) is 24.4 Å². The van der Waals surface area contributed by atoms with Crippen molar-refractivity contribution in [2.45, 2.75) is 13.1 Å². The summed E-state index contributed by atoms with van der Waals surface area (Å²) in [5.74, 6) is 2.50. The number of imidazole rings is 1. The SMILES string of the molecule is COc1cc(N2CCn3ccnc3C2)nc(N)n1. The molecule has 7 nitrogen and oxygen atoms in total. The van der Waals surface area contributed by atoms with Crippen LogP contribution >= 0.6 is 0 Å². The van der Waals surface area contributed by atoms with E-state index in [1.165, 1.54) is 0 Å². The molecule has 3 heterocycles. The first-order chi connectivity index (χ1) is 8.76. The largest absolute Gasteiger partial charge is 0.481 e. The van der Waals surface area contributed by atoms with Crippen LogP contribution in [0.15, 0.2) is 18.5 Å². The topological polar surface area (TPSA) is 82.1 Å². The van der Waals surface area contributed by atoms with Crippen LogP contribution in [0.5, 0.6) is 5.88 Å². The van der Waals surface area contributed by atoms with Crippen LogP contribution in [-0.2, 0) is 13.1 Å². The first kappa shape index (κ1) is 10.8. The van der Waals surface area contributed by atoms with Gasteiger partial charge in [-0.15, -0.1) is 0 Å². The Morgan fingerprint density at radius 1 is 1.33 bits per heavy atom. The Balaban J connectivity index is 1.90. The molecular weight excluding hydrogens is 232 g/mol. The molecule has 2 aromatic rings. The highest BCUT2D eigenvalue weighted by molar-refractivity contribution is 5.46. The van der Waals surface area contributed by atoms with Gasteiger partial charge in [-0.25, -0.2) is 4.98 Å². The molecule has 0 unspecified atom stereocenters. The van der Waals surface area contributed by atoms with E-state index in [1.54, 1.807) is 13.2 Å². The number of nitrogens with two attached hydrogens (primary N) is 1. The van der Waals surface area contributed by atoms with Crippen molar-refractivity contribution in [3.8, 4) is 5.88 Å². The van der Waals surface area contributed by atoms with Crippen LogP contribution < -0.4 is 15.4 Å². The molecule has 94 valence electrons. The first-order valence-corrected chi connectivity index (χ1v) is 5.70. The van der Waals surface area contributed by atoms with Gasteiger partial charge in [0.2, 0.25) is 11.8 Å². The monoisotopic (exact) mass is 246 g/mol. The standard InChI is InChI=1S/C11H14N6O/c1-18-10-6-8(14-11(12)15-10)17-5-4-16-3-2-13-9(16)7-17/h2-3,6H,4-5,7H2,1H3,(H2,12,14,15). The van der Waals surface area contributed by atoms with E-state index >= 15 is 0 Å². The minimum absolute atomic E-state index is 0.221. The zero-order chi connectivity index (χ0) is 12.5. The van der Waals surface area contributed by atoms with E-state index in [4.69, 9.17) is 10.5 Å². The summed E-state index contributed by atoms with van der Waals surface area (Å²) in [6.45, 7) is 2.47. The minimum Gasteiger partial charge on any atom is -0.481 e. The number of nitrogen functional groups attached to an aromatic ring is 1. The van der Waals surface area contributed by atoms with E-state index in [0.717, 1.165) is 24.7 Å². The van der Waals surface area contributed by atoms with Crippen molar-refractivity contribution < 1.29 is 4.74 Å². The lowest BCUT2D eigenvalue weighted by Crippen LogP contribution is -2.34. The Bertz CT molecular complexity index is 566. The predicted molar refractivity (Wildman–Crippen MR) is 66.3 cm³/mol. The Hall–Kier alpha value is -2.31. The lowest BCUT2D eigenvalue weighted by Gasteiger charge is -2.28. The summed E-state index contributed by atoms with van der Waals surface area (Å²) in [5, 5.41) is 0. The van der Waals surface area contributed by atoms with Gasteiger partial charge < -0.3 is 19.9 Å². The smallest absolute Gasteiger partial charge is 0.225 e. The van der Waals surface area contributed by atoms with Gasteiger partial charge >= 0.3 is 0 Å². The fourth-order valence-electron chi connectivity index (χ4n) is 2.07. The van der Waals surface area contributed by atoms with Crippen LogP contribution in [0.3, 0.4) is 0 Å². The summed E-state index contributed by atoms with van der Waals surface area (Å²) in [4.78, 5) is 14.6. The lowest BCUT2D eigenvalue weighted by atomic mass is 10.3. The molecule has 1 aliphatic heterocycles. The van der Waals surface area contributed by atoms with Gasteiger partial charge in [-0.2, -0.15) is 9.97 Å². The summed E-state index contributed by atoms with van der Waals surface area (Å²) in [6, 6.07) is 1.79. The predicted octanol–water partition coefficient (Wildman–Crippen LogP) is 0.284. The third-order valence-corrected chi connectivity index (χ3v) is 2.98. The van der Waals surface area contributed by atoms with E-state index in [-0.39, 0.29) is 5.95 Å². The number of hydrogen-bond donors (Lipinski definition) is 1. The second kappa shape index (κ2) is 4.17. The molecule has 0 fully saturated rings. The van der Waals surface area contributed by atoms with E-state index in [9.17, 15) is 0 Å². The maximum atomic E-state index is 5.67. The minimum atomic E-state index is 0.221. The summed E-state index contributed by atoms with van der Waals surface area (Å²) in [7, 11) is 1.56. The number of rotatable bonds is 2. The number of nitrogens with zero attached hydrogens (tertiary/aromatic N) is 5. The quantitative estimate of drug-likeness (QED) is 0.819. The van der Waals surface area contributed by atoms with Crippen molar-refractivity contribution in [1.29, 1.82) is 0 Å². The summed E-state index contributed by atoms with van der Waals surface area (Å²) in [5.41, 5.74) is 5.67. The van der Waals surface area contributed by atoms with Crippen LogP contribution in [0.4, 0.5) is 11.8 Å². The average molecular weight is 246 g/mol.